The number of fused-ring (bicyclic) bond motifs is 1. The number of Topliss-reactive ketones (excluding diaryl/α,β-unsaturated/α-hetero) is 2. The Labute approximate surface area is 200 Å². The van der Waals surface area contributed by atoms with E-state index in [-0.39, 0.29) is 24.4 Å². The number of nitrogens with zero attached hydrogens (tertiary/aromatic N) is 1. The van der Waals surface area contributed by atoms with Crippen molar-refractivity contribution >= 4 is 22.5 Å². The lowest BCUT2D eigenvalue weighted by Crippen LogP contribution is -2.16. The van der Waals surface area contributed by atoms with Gasteiger partial charge in [0.25, 0.3) is 0 Å². The summed E-state index contributed by atoms with van der Waals surface area (Å²) in [5.41, 5.74) is 1.60. The quantitative estimate of drug-likeness (QED) is 0.340. The average Bonchev–Trinajstić information content (AvgIpc) is 2.85. The molecule has 4 rings (SSSR count). The highest BCUT2D eigenvalue weighted by Crippen LogP contribution is 2.37. The summed E-state index contributed by atoms with van der Waals surface area (Å²) >= 11 is 0. The summed E-state index contributed by atoms with van der Waals surface area (Å²) in [4.78, 5) is 29.1. The molecule has 1 heterocycles. The van der Waals surface area contributed by atoms with E-state index in [4.69, 9.17) is 14.2 Å². The van der Waals surface area contributed by atoms with E-state index in [9.17, 15) is 9.59 Å². The summed E-state index contributed by atoms with van der Waals surface area (Å²) < 4.78 is 16.9. The van der Waals surface area contributed by atoms with Crippen LogP contribution in [-0.4, -0.2) is 30.8 Å². The second-order valence-electron chi connectivity index (χ2n) is 8.92. The van der Waals surface area contributed by atoms with Crippen LogP contribution in [0.3, 0.4) is 0 Å². The lowest BCUT2D eigenvalue weighted by Gasteiger charge is -2.20. The molecular weight excluding hydrogens is 430 g/mol. The van der Waals surface area contributed by atoms with E-state index in [2.05, 4.69) is 4.98 Å². The molecule has 1 aliphatic carbocycles. The summed E-state index contributed by atoms with van der Waals surface area (Å²) in [5, 5.41) is 0.802. The van der Waals surface area contributed by atoms with E-state index >= 15 is 0 Å². The average molecular weight is 462 g/mol. The van der Waals surface area contributed by atoms with E-state index < -0.39 is 0 Å². The molecule has 1 fully saturated rings. The van der Waals surface area contributed by atoms with E-state index in [0.29, 0.717) is 35.3 Å². The van der Waals surface area contributed by atoms with Crippen LogP contribution in [0.5, 0.6) is 23.0 Å². The summed E-state index contributed by atoms with van der Waals surface area (Å²) in [6, 6.07) is 12.8. The van der Waals surface area contributed by atoms with Gasteiger partial charge in [-0.2, -0.15) is 0 Å². The van der Waals surface area contributed by atoms with E-state index in [1.54, 1.807) is 26.5 Å². The van der Waals surface area contributed by atoms with Crippen LogP contribution in [0.15, 0.2) is 48.7 Å². The van der Waals surface area contributed by atoms with Crippen molar-refractivity contribution in [2.75, 3.05) is 14.2 Å². The molecule has 0 spiro atoms. The normalized spacial score (nSPS) is 14.1. The number of hydrogen-bond acceptors (Lipinski definition) is 6. The van der Waals surface area contributed by atoms with E-state index in [1.807, 2.05) is 36.4 Å². The molecule has 0 saturated heterocycles. The summed E-state index contributed by atoms with van der Waals surface area (Å²) in [6.07, 6.45) is 8.44. The van der Waals surface area contributed by atoms with Gasteiger partial charge in [0.05, 0.1) is 26.2 Å². The van der Waals surface area contributed by atoms with Gasteiger partial charge in [-0.15, -0.1) is 0 Å². The first-order valence-corrected chi connectivity index (χ1v) is 11.9. The van der Waals surface area contributed by atoms with Gasteiger partial charge < -0.3 is 14.2 Å². The van der Waals surface area contributed by atoms with Crippen LogP contribution in [0.2, 0.25) is 0 Å². The maximum Gasteiger partial charge on any atom is 0.162 e. The fourth-order valence-electron chi connectivity index (χ4n) is 4.63. The summed E-state index contributed by atoms with van der Waals surface area (Å²) in [5.74, 6) is 3.00. The zero-order chi connectivity index (χ0) is 23.9. The minimum absolute atomic E-state index is 0.0308. The molecule has 0 bridgehead atoms. The van der Waals surface area contributed by atoms with Crippen LogP contribution in [-0.2, 0) is 16.0 Å². The Morgan fingerprint density at radius 2 is 1.59 bits per heavy atom. The molecule has 6 nitrogen and oxygen atoms in total. The first-order valence-electron chi connectivity index (χ1n) is 11.9. The second-order valence-corrected chi connectivity index (χ2v) is 8.92. The van der Waals surface area contributed by atoms with Crippen LogP contribution >= 0.6 is 0 Å². The Morgan fingerprint density at radius 1 is 0.882 bits per heavy atom. The number of methoxy groups -OCH3 is 2. The maximum absolute atomic E-state index is 12.4. The van der Waals surface area contributed by atoms with Gasteiger partial charge in [0.2, 0.25) is 0 Å². The Balaban J connectivity index is 1.37. The van der Waals surface area contributed by atoms with Gasteiger partial charge in [0, 0.05) is 30.5 Å². The molecule has 0 unspecified atom stereocenters. The monoisotopic (exact) mass is 461 g/mol. The third-order valence-corrected chi connectivity index (χ3v) is 6.39. The highest BCUT2D eigenvalue weighted by molar-refractivity contribution is 6.00. The SMILES string of the molecule is COc1cc2nccc(Oc3ccc(CC(=O)CC(=O)CC4CCCCC4)cc3)c2cc1OC. The van der Waals surface area contributed by atoms with Crippen LogP contribution in [0.4, 0.5) is 0 Å². The standard InChI is InChI=1S/C28H31NO5/c1-32-27-17-24-25(18-28(27)33-2)29-13-12-26(24)34-23-10-8-20(9-11-23)15-22(31)16-21(30)14-19-6-4-3-5-7-19/h8-13,17-19H,3-7,14-16H2,1-2H3. The molecular formula is C28H31NO5. The number of ether oxygens (including phenoxy) is 3. The number of hydrogen-bond donors (Lipinski definition) is 0. The molecule has 2 aromatic carbocycles. The summed E-state index contributed by atoms with van der Waals surface area (Å²) in [6.45, 7) is 0. The molecule has 0 atom stereocenters. The third-order valence-electron chi connectivity index (χ3n) is 6.39. The van der Waals surface area contributed by atoms with E-state index in [1.165, 1.54) is 19.3 Å². The molecule has 0 radical (unpaired) electrons. The van der Waals surface area contributed by atoms with Crippen molar-refractivity contribution in [3.63, 3.8) is 0 Å². The van der Waals surface area contributed by atoms with Crippen molar-refractivity contribution in [3.8, 4) is 23.0 Å². The number of ketones is 2. The predicted octanol–water partition coefficient (Wildman–Crippen LogP) is 6.09. The third kappa shape index (κ3) is 5.93. The van der Waals surface area contributed by atoms with Crippen LogP contribution in [0, 0.1) is 5.92 Å². The molecule has 0 N–H and O–H groups in total. The first kappa shape index (κ1) is 23.7. The van der Waals surface area contributed by atoms with Crippen molar-refractivity contribution in [2.45, 2.75) is 51.4 Å². The first-order chi connectivity index (χ1) is 16.6. The number of carbonyl (C=O) groups excluding carboxylic acids is 2. The lowest BCUT2D eigenvalue weighted by atomic mass is 9.85. The topological polar surface area (TPSA) is 74.7 Å². The number of benzene rings is 2. The molecule has 1 aliphatic rings. The lowest BCUT2D eigenvalue weighted by molar-refractivity contribution is -0.127. The van der Waals surface area contributed by atoms with Gasteiger partial charge >= 0.3 is 0 Å². The van der Waals surface area contributed by atoms with Gasteiger partial charge in [0.1, 0.15) is 23.1 Å². The van der Waals surface area contributed by atoms with Crippen molar-refractivity contribution < 1.29 is 23.8 Å². The largest absolute Gasteiger partial charge is 0.493 e. The van der Waals surface area contributed by atoms with Crippen molar-refractivity contribution in [2.24, 2.45) is 5.92 Å². The fourth-order valence-corrected chi connectivity index (χ4v) is 4.63. The highest BCUT2D eigenvalue weighted by Gasteiger charge is 2.19. The number of carbonyl (C=O) groups is 2. The molecule has 3 aromatic rings. The van der Waals surface area contributed by atoms with Gasteiger partial charge in [-0.1, -0.05) is 44.2 Å². The van der Waals surface area contributed by atoms with E-state index in [0.717, 1.165) is 29.3 Å². The maximum atomic E-state index is 12.4. The molecule has 0 amide bonds. The van der Waals surface area contributed by atoms with Crippen LogP contribution in [0.25, 0.3) is 10.9 Å². The van der Waals surface area contributed by atoms with Gasteiger partial charge in [0.15, 0.2) is 11.5 Å². The van der Waals surface area contributed by atoms with Gasteiger partial charge in [-0.05, 0) is 35.7 Å². The predicted molar refractivity (Wildman–Crippen MR) is 131 cm³/mol. The molecule has 6 heteroatoms. The Bertz CT molecular complexity index is 1150. The van der Waals surface area contributed by atoms with Gasteiger partial charge in [-0.3, -0.25) is 14.6 Å². The zero-order valence-corrected chi connectivity index (χ0v) is 19.8. The number of rotatable bonds is 10. The van der Waals surface area contributed by atoms with Crippen LogP contribution < -0.4 is 14.2 Å². The Kier molecular flexibility index (Phi) is 7.78. The smallest absolute Gasteiger partial charge is 0.162 e. The zero-order valence-electron chi connectivity index (χ0n) is 19.8. The van der Waals surface area contributed by atoms with Gasteiger partial charge in [-0.25, -0.2) is 0 Å². The molecule has 178 valence electrons. The molecule has 34 heavy (non-hydrogen) atoms. The highest BCUT2D eigenvalue weighted by atomic mass is 16.5. The van der Waals surface area contributed by atoms with Crippen molar-refractivity contribution in [1.29, 1.82) is 0 Å². The molecule has 1 aromatic heterocycles. The Morgan fingerprint density at radius 3 is 2.29 bits per heavy atom. The minimum atomic E-state index is -0.0318. The molecule has 0 aliphatic heterocycles. The van der Waals surface area contributed by atoms with Crippen molar-refractivity contribution in [1.82, 2.24) is 4.98 Å². The molecule has 1 saturated carbocycles. The second kappa shape index (κ2) is 11.1. The number of pyridine rings is 1. The van der Waals surface area contributed by atoms with Crippen molar-refractivity contribution in [3.05, 3.63) is 54.2 Å². The number of aromatic nitrogens is 1. The van der Waals surface area contributed by atoms with Crippen LogP contribution in [0.1, 0.15) is 50.5 Å². The summed E-state index contributed by atoms with van der Waals surface area (Å²) in [7, 11) is 3.17. The Hall–Kier alpha value is -3.41. The fraction of sp³-hybridized carbons (Fsp3) is 0.393. The minimum Gasteiger partial charge on any atom is -0.493 e.